The van der Waals surface area contributed by atoms with Crippen LogP contribution in [0.1, 0.15) is 23.6 Å². The van der Waals surface area contributed by atoms with E-state index in [1.165, 1.54) is 17.0 Å². The molecule has 0 aromatic heterocycles. The van der Waals surface area contributed by atoms with Gasteiger partial charge in [-0.1, -0.05) is 66.7 Å². The molecule has 0 bridgehead atoms. The standard InChI is InChI=1S/C24H22FN3O2/c25-19-12-7-13-21(14-19)28-16-20(15-22(28)29)26-24(30)27-23(17-8-3-1-4-9-17)18-10-5-2-6-11-18/h1-14,20,23H,15-16H2,(H2,26,27,30)/t20-/m0/s1. The second kappa shape index (κ2) is 8.78. The highest BCUT2D eigenvalue weighted by atomic mass is 19.1. The van der Waals surface area contributed by atoms with Gasteiger partial charge in [-0.25, -0.2) is 9.18 Å². The number of nitrogens with zero attached hydrogens (tertiary/aromatic N) is 1. The Bertz CT molecular complexity index is 987. The summed E-state index contributed by atoms with van der Waals surface area (Å²) in [6.45, 7) is 0.303. The summed E-state index contributed by atoms with van der Waals surface area (Å²) in [6, 6.07) is 24.3. The summed E-state index contributed by atoms with van der Waals surface area (Å²) in [4.78, 5) is 26.6. The van der Waals surface area contributed by atoms with Gasteiger partial charge in [-0.05, 0) is 29.3 Å². The Morgan fingerprint density at radius 1 is 0.933 bits per heavy atom. The molecule has 3 aromatic carbocycles. The van der Waals surface area contributed by atoms with Crippen LogP contribution in [0.25, 0.3) is 0 Å². The van der Waals surface area contributed by atoms with E-state index < -0.39 is 5.82 Å². The maximum absolute atomic E-state index is 13.5. The van der Waals surface area contributed by atoms with Crippen LogP contribution in [0.2, 0.25) is 0 Å². The lowest BCUT2D eigenvalue weighted by Gasteiger charge is -2.22. The second-order valence-electron chi connectivity index (χ2n) is 7.26. The van der Waals surface area contributed by atoms with Crippen LogP contribution in [0.5, 0.6) is 0 Å². The topological polar surface area (TPSA) is 61.4 Å². The molecule has 2 N–H and O–H groups in total. The Morgan fingerprint density at radius 2 is 1.57 bits per heavy atom. The Balaban J connectivity index is 1.45. The summed E-state index contributed by atoms with van der Waals surface area (Å²) in [5.74, 6) is -0.545. The summed E-state index contributed by atoms with van der Waals surface area (Å²) in [7, 11) is 0. The van der Waals surface area contributed by atoms with Crippen LogP contribution < -0.4 is 15.5 Å². The van der Waals surface area contributed by atoms with Crippen molar-refractivity contribution >= 4 is 17.6 Å². The number of carbonyl (C=O) groups excluding carboxylic acids is 2. The van der Waals surface area contributed by atoms with E-state index in [1.54, 1.807) is 12.1 Å². The fraction of sp³-hybridized carbons (Fsp3) is 0.167. The van der Waals surface area contributed by atoms with E-state index in [2.05, 4.69) is 10.6 Å². The number of amides is 3. The van der Waals surface area contributed by atoms with E-state index in [4.69, 9.17) is 0 Å². The Hall–Kier alpha value is -3.67. The van der Waals surface area contributed by atoms with Crippen LogP contribution in [0.15, 0.2) is 84.9 Å². The first-order valence-corrected chi connectivity index (χ1v) is 9.83. The molecule has 1 atom stereocenters. The predicted octanol–water partition coefficient (Wildman–Crippen LogP) is 4.02. The van der Waals surface area contributed by atoms with Gasteiger partial charge >= 0.3 is 6.03 Å². The Morgan fingerprint density at radius 3 is 2.17 bits per heavy atom. The van der Waals surface area contributed by atoms with Crippen molar-refractivity contribution < 1.29 is 14.0 Å². The second-order valence-corrected chi connectivity index (χ2v) is 7.26. The van der Waals surface area contributed by atoms with Crippen LogP contribution in [0.4, 0.5) is 14.9 Å². The molecule has 152 valence electrons. The molecule has 0 saturated carbocycles. The number of hydrogen-bond donors (Lipinski definition) is 2. The highest BCUT2D eigenvalue weighted by molar-refractivity contribution is 5.96. The molecular weight excluding hydrogens is 381 g/mol. The van der Waals surface area contributed by atoms with Crippen LogP contribution in [-0.2, 0) is 4.79 Å². The third-order valence-corrected chi connectivity index (χ3v) is 5.12. The number of benzene rings is 3. The molecule has 5 nitrogen and oxygen atoms in total. The molecule has 3 amide bonds. The van der Waals surface area contributed by atoms with E-state index in [0.29, 0.717) is 12.2 Å². The Kier molecular flexibility index (Phi) is 5.75. The van der Waals surface area contributed by atoms with Crippen molar-refractivity contribution in [1.82, 2.24) is 10.6 Å². The van der Waals surface area contributed by atoms with E-state index in [9.17, 15) is 14.0 Å². The van der Waals surface area contributed by atoms with Gasteiger partial charge in [0.15, 0.2) is 0 Å². The molecular formula is C24H22FN3O2. The number of hydrogen-bond acceptors (Lipinski definition) is 2. The molecule has 0 aliphatic carbocycles. The van der Waals surface area contributed by atoms with Crippen molar-refractivity contribution in [1.29, 1.82) is 0 Å². The van der Waals surface area contributed by atoms with Crippen molar-refractivity contribution in [3.63, 3.8) is 0 Å². The third kappa shape index (κ3) is 4.49. The molecule has 1 saturated heterocycles. The Labute approximate surface area is 174 Å². The number of rotatable bonds is 5. The number of nitrogens with one attached hydrogen (secondary N) is 2. The molecule has 1 aliphatic rings. The lowest BCUT2D eigenvalue weighted by Crippen LogP contribution is -2.44. The largest absolute Gasteiger partial charge is 0.333 e. The summed E-state index contributed by atoms with van der Waals surface area (Å²) in [5, 5.41) is 5.90. The van der Waals surface area contributed by atoms with Gasteiger partial charge in [0.2, 0.25) is 5.91 Å². The molecule has 3 aromatic rings. The van der Waals surface area contributed by atoms with Gasteiger partial charge < -0.3 is 15.5 Å². The van der Waals surface area contributed by atoms with Gasteiger partial charge in [0, 0.05) is 18.7 Å². The number of carbonyl (C=O) groups is 2. The number of urea groups is 1. The summed E-state index contributed by atoms with van der Waals surface area (Å²) in [5.41, 5.74) is 2.42. The predicted molar refractivity (Wildman–Crippen MR) is 114 cm³/mol. The maximum Gasteiger partial charge on any atom is 0.315 e. The van der Waals surface area contributed by atoms with Crippen molar-refractivity contribution in [2.45, 2.75) is 18.5 Å². The minimum absolute atomic E-state index is 0.145. The molecule has 6 heteroatoms. The van der Waals surface area contributed by atoms with Crippen LogP contribution in [-0.4, -0.2) is 24.5 Å². The summed E-state index contributed by atoms with van der Waals surface area (Å²) >= 11 is 0. The third-order valence-electron chi connectivity index (χ3n) is 5.12. The van der Waals surface area contributed by atoms with Gasteiger partial charge in [-0.2, -0.15) is 0 Å². The zero-order valence-electron chi connectivity index (χ0n) is 16.3. The molecule has 4 rings (SSSR count). The fourth-order valence-corrected chi connectivity index (χ4v) is 3.71. The fourth-order valence-electron chi connectivity index (χ4n) is 3.71. The van der Waals surface area contributed by atoms with E-state index >= 15 is 0 Å². The van der Waals surface area contributed by atoms with Gasteiger partial charge in [0.25, 0.3) is 0 Å². The molecule has 0 unspecified atom stereocenters. The first kappa shape index (κ1) is 19.6. The highest BCUT2D eigenvalue weighted by Crippen LogP contribution is 2.24. The highest BCUT2D eigenvalue weighted by Gasteiger charge is 2.32. The monoisotopic (exact) mass is 403 g/mol. The summed E-state index contributed by atoms with van der Waals surface area (Å²) in [6.07, 6.45) is 0.172. The quantitative estimate of drug-likeness (QED) is 0.676. The van der Waals surface area contributed by atoms with Gasteiger partial charge in [-0.15, -0.1) is 0 Å². The molecule has 1 aliphatic heterocycles. The average molecular weight is 403 g/mol. The van der Waals surface area contributed by atoms with Gasteiger partial charge in [0.1, 0.15) is 5.82 Å². The van der Waals surface area contributed by atoms with Gasteiger partial charge in [0.05, 0.1) is 12.1 Å². The van der Waals surface area contributed by atoms with E-state index in [0.717, 1.165) is 11.1 Å². The molecule has 0 spiro atoms. The van der Waals surface area contributed by atoms with Crippen molar-refractivity contribution in [3.05, 3.63) is 102 Å². The van der Waals surface area contributed by atoms with E-state index in [1.807, 2.05) is 60.7 Å². The molecule has 1 fully saturated rings. The smallest absolute Gasteiger partial charge is 0.315 e. The average Bonchev–Trinajstić information content (AvgIpc) is 3.13. The van der Waals surface area contributed by atoms with Crippen LogP contribution >= 0.6 is 0 Å². The summed E-state index contributed by atoms with van der Waals surface area (Å²) < 4.78 is 13.5. The van der Waals surface area contributed by atoms with Crippen molar-refractivity contribution in [2.24, 2.45) is 0 Å². The normalized spacial score (nSPS) is 16.0. The minimum Gasteiger partial charge on any atom is -0.333 e. The van der Waals surface area contributed by atoms with Crippen LogP contribution in [0, 0.1) is 5.82 Å². The maximum atomic E-state index is 13.5. The SMILES string of the molecule is O=C(NC(c1ccccc1)c1ccccc1)N[C@H]1CC(=O)N(c2cccc(F)c2)C1. The van der Waals surface area contributed by atoms with Gasteiger partial charge in [-0.3, -0.25) is 4.79 Å². The number of halogens is 1. The van der Waals surface area contributed by atoms with Crippen molar-refractivity contribution in [3.8, 4) is 0 Å². The molecule has 30 heavy (non-hydrogen) atoms. The van der Waals surface area contributed by atoms with Crippen LogP contribution in [0.3, 0.4) is 0 Å². The lowest BCUT2D eigenvalue weighted by atomic mass is 9.99. The molecule has 1 heterocycles. The zero-order valence-corrected chi connectivity index (χ0v) is 16.3. The number of anilines is 1. The first-order valence-electron chi connectivity index (χ1n) is 9.83. The molecule has 0 radical (unpaired) electrons. The van der Waals surface area contributed by atoms with E-state index in [-0.39, 0.29) is 30.4 Å². The van der Waals surface area contributed by atoms with Crippen molar-refractivity contribution in [2.75, 3.05) is 11.4 Å². The first-order chi connectivity index (χ1) is 14.6. The lowest BCUT2D eigenvalue weighted by molar-refractivity contribution is -0.117. The zero-order chi connectivity index (χ0) is 20.9. The minimum atomic E-state index is -0.400.